The van der Waals surface area contributed by atoms with Gasteiger partial charge in [-0.3, -0.25) is 4.79 Å². The summed E-state index contributed by atoms with van der Waals surface area (Å²) < 4.78 is 10.1. The van der Waals surface area contributed by atoms with Gasteiger partial charge in [-0.05, 0) is 37.1 Å². The second kappa shape index (κ2) is 7.67. The van der Waals surface area contributed by atoms with Crippen LogP contribution in [0.4, 0.5) is 5.69 Å². The second-order valence-electron chi connectivity index (χ2n) is 4.73. The zero-order chi connectivity index (χ0) is 14.3. The Morgan fingerprint density at radius 2 is 1.89 bits per heavy atom. The average Bonchev–Trinajstić information content (AvgIpc) is 2.39. The van der Waals surface area contributed by atoms with E-state index in [-0.39, 0.29) is 12.0 Å². The van der Waals surface area contributed by atoms with Crippen LogP contribution in [0.25, 0.3) is 0 Å². The number of ether oxygens (including phenoxy) is 2. The molecule has 0 spiro atoms. The standard InChI is InChI=1S/C15H23NO3/c1-5-19-15(17)10-14(11(2)3)16-12-6-8-13(18-4)9-7-12/h6-9,11,14,16H,5,10H2,1-4H3/t14-/m0/s1. The minimum absolute atomic E-state index is 0.0624. The molecule has 0 bridgehead atoms. The first-order chi connectivity index (χ1) is 9.06. The number of carbonyl (C=O) groups excluding carboxylic acids is 1. The first-order valence-corrected chi connectivity index (χ1v) is 6.63. The molecule has 0 unspecified atom stereocenters. The third-order valence-electron chi connectivity index (χ3n) is 2.94. The third-order valence-corrected chi connectivity index (χ3v) is 2.94. The number of hydrogen-bond acceptors (Lipinski definition) is 4. The number of hydrogen-bond donors (Lipinski definition) is 1. The quantitative estimate of drug-likeness (QED) is 0.770. The molecule has 1 atom stereocenters. The summed E-state index contributed by atoms with van der Waals surface area (Å²) in [5, 5.41) is 3.36. The van der Waals surface area contributed by atoms with Gasteiger partial charge in [-0.15, -0.1) is 0 Å². The Morgan fingerprint density at radius 1 is 1.26 bits per heavy atom. The summed E-state index contributed by atoms with van der Waals surface area (Å²) in [6.45, 7) is 6.41. The van der Waals surface area contributed by atoms with E-state index in [1.165, 1.54) is 0 Å². The number of carbonyl (C=O) groups is 1. The molecule has 1 rings (SSSR count). The molecular weight excluding hydrogens is 242 g/mol. The zero-order valence-corrected chi connectivity index (χ0v) is 12.1. The number of methoxy groups -OCH3 is 1. The van der Waals surface area contributed by atoms with Crippen molar-refractivity contribution < 1.29 is 14.3 Å². The summed E-state index contributed by atoms with van der Waals surface area (Å²) in [6, 6.07) is 7.74. The molecule has 1 N–H and O–H groups in total. The van der Waals surface area contributed by atoms with Crippen LogP contribution in [-0.2, 0) is 9.53 Å². The van der Waals surface area contributed by atoms with Gasteiger partial charge in [0, 0.05) is 11.7 Å². The Kier molecular flexibility index (Phi) is 6.19. The lowest BCUT2D eigenvalue weighted by Gasteiger charge is -2.22. The molecule has 0 saturated carbocycles. The van der Waals surface area contributed by atoms with Crippen LogP contribution in [0.3, 0.4) is 0 Å². The van der Waals surface area contributed by atoms with E-state index in [1.54, 1.807) is 7.11 Å². The summed E-state index contributed by atoms with van der Waals surface area (Å²) in [4.78, 5) is 11.6. The molecule has 1 aromatic carbocycles. The van der Waals surface area contributed by atoms with E-state index < -0.39 is 0 Å². The minimum atomic E-state index is -0.165. The molecule has 0 aliphatic carbocycles. The van der Waals surface area contributed by atoms with Crippen molar-refractivity contribution in [3.63, 3.8) is 0 Å². The minimum Gasteiger partial charge on any atom is -0.497 e. The number of esters is 1. The maximum Gasteiger partial charge on any atom is 0.307 e. The van der Waals surface area contributed by atoms with Crippen molar-refractivity contribution in [1.82, 2.24) is 0 Å². The normalized spacial score (nSPS) is 12.1. The van der Waals surface area contributed by atoms with E-state index in [4.69, 9.17) is 9.47 Å². The van der Waals surface area contributed by atoms with Gasteiger partial charge < -0.3 is 14.8 Å². The molecule has 4 heteroatoms. The highest BCUT2D eigenvalue weighted by molar-refractivity contribution is 5.70. The molecule has 0 heterocycles. The molecule has 0 aromatic heterocycles. The molecule has 0 aliphatic heterocycles. The van der Waals surface area contributed by atoms with Crippen LogP contribution in [0, 0.1) is 5.92 Å². The van der Waals surface area contributed by atoms with E-state index in [1.807, 2.05) is 31.2 Å². The Morgan fingerprint density at radius 3 is 2.37 bits per heavy atom. The van der Waals surface area contributed by atoms with Crippen LogP contribution in [0.15, 0.2) is 24.3 Å². The Bertz CT molecular complexity index is 387. The Hall–Kier alpha value is -1.71. The van der Waals surface area contributed by atoms with E-state index in [0.717, 1.165) is 11.4 Å². The average molecular weight is 265 g/mol. The van der Waals surface area contributed by atoms with Gasteiger partial charge in [-0.2, -0.15) is 0 Å². The lowest BCUT2D eigenvalue weighted by molar-refractivity contribution is -0.143. The lowest BCUT2D eigenvalue weighted by atomic mass is 10.0. The van der Waals surface area contributed by atoms with Crippen molar-refractivity contribution in [2.75, 3.05) is 19.0 Å². The Labute approximate surface area is 115 Å². The van der Waals surface area contributed by atoms with Gasteiger partial charge in [0.25, 0.3) is 0 Å². The predicted molar refractivity (Wildman–Crippen MR) is 76.5 cm³/mol. The molecule has 0 fully saturated rings. The topological polar surface area (TPSA) is 47.6 Å². The fourth-order valence-corrected chi connectivity index (χ4v) is 1.75. The number of nitrogens with one attached hydrogen (secondary N) is 1. The van der Waals surface area contributed by atoms with Crippen LogP contribution < -0.4 is 10.1 Å². The molecular formula is C15H23NO3. The molecule has 19 heavy (non-hydrogen) atoms. The van der Waals surface area contributed by atoms with Gasteiger partial charge in [-0.25, -0.2) is 0 Å². The third kappa shape index (κ3) is 5.20. The SMILES string of the molecule is CCOC(=O)C[C@H](Nc1ccc(OC)cc1)C(C)C. The molecule has 4 nitrogen and oxygen atoms in total. The van der Waals surface area contributed by atoms with Gasteiger partial charge >= 0.3 is 5.97 Å². The van der Waals surface area contributed by atoms with Gasteiger partial charge in [0.05, 0.1) is 20.1 Å². The molecule has 1 aromatic rings. The van der Waals surface area contributed by atoms with E-state index in [0.29, 0.717) is 18.9 Å². The maximum atomic E-state index is 11.6. The highest BCUT2D eigenvalue weighted by Gasteiger charge is 2.18. The van der Waals surface area contributed by atoms with Gasteiger partial charge in [-0.1, -0.05) is 13.8 Å². The fourth-order valence-electron chi connectivity index (χ4n) is 1.75. The second-order valence-corrected chi connectivity index (χ2v) is 4.73. The van der Waals surface area contributed by atoms with Crippen molar-refractivity contribution in [1.29, 1.82) is 0 Å². The highest BCUT2D eigenvalue weighted by Crippen LogP contribution is 2.19. The lowest BCUT2D eigenvalue weighted by Crippen LogP contribution is -2.29. The monoisotopic (exact) mass is 265 g/mol. The van der Waals surface area contributed by atoms with Crippen LogP contribution in [0.5, 0.6) is 5.75 Å². The van der Waals surface area contributed by atoms with Crippen LogP contribution in [-0.4, -0.2) is 25.7 Å². The zero-order valence-electron chi connectivity index (χ0n) is 12.1. The first-order valence-electron chi connectivity index (χ1n) is 6.63. The van der Waals surface area contributed by atoms with Gasteiger partial charge in [0.2, 0.25) is 0 Å². The summed E-state index contributed by atoms with van der Waals surface area (Å²) in [5.41, 5.74) is 0.976. The van der Waals surface area contributed by atoms with E-state index in [2.05, 4.69) is 19.2 Å². The predicted octanol–water partition coefficient (Wildman–Crippen LogP) is 3.08. The number of benzene rings is 1. The highest BCUT2D eigenvalue weighted by atomic mass is 16.5. The van der Waals surface area contributed by atoms with Crippen LogP contribution >= 0.6 is 0 Å². The van der Waals surface area contributed by atoms with Crippen LogP contribution in [0.1, 0.15) is 27.2 Å². The van der Waals surface area contributed by atoms with Crippen molar-refractivity contribution in [3.05, 3.63) is 24.3 Å². The summed E-state index contributed by atoms with van der Waals surface area (Å²) >= 11 is 0. The molecule has 0 saturated heterocycles. The van der Waals surface area contributed by atoms with Crippen molar-refractivity contribution in [2.24, 2.45) is 5.92 Å². The van der Waals surface area contributed by atoms with Gasteiger partial charge in [0.15, 0.2) is 0 Å². The Balaban J connectivity index is 2.64. The van der Waals surface area contributed by atoms with Crippen LogP contribution in [0.2, 0.25) is 0 Å². The molecule has 0 aliphatic rings. The van der Waals surface area contributed by atoms with Crippen molar-refractivity contribution >= 4 is 11.7 Å². The summed E-state index contributed by atoms with van der Waals surface area (Å²) in [6.07, 6.45) is 0.373. The maximum absolute atomic E-state index is 11.6. The van der Waals surface area contributed by atoms with E-state index >= 15 is 0 Å². The first kappa shape index (κ1) is 15.3. The number of rotatable bonds is 7. The summed E-state index contributed by atoms with van der Waals surface area (Å²) in [7, 11) is 1.64. The fraction of sp³-hybridized carbons (Fsp3) is 0.533. The molecule has 106 valence electrons. The van der Waals surface area contributed by atoms with Gasteiger partial charge in [0.1, 0.15) is 5.75 Å². The number of anilines is 1. The summed E-state index contributed by atoms with van der Waals surface area (Å²) in [5.74, 6) is 0.991. The smallest absolute Gasteiger partial charge is 0.307 e. The molecule has 0 radical (unpaired) electrons. The largest absolute Gasteiger partial charge is 0.497 e. The molecule has 0 amide bonds. The van der Waals surface area contributed by atoms with Crippen molar-refractivity contribution in [3.8, 4) is 5.75 Å². The van der Waals surface area contributed by atoms with E-state index in [9.17, 15) is 4.79 Å². The van der Waals surface area contributed by atoms with Crippen molar-refractivity contribution in [2.45, 2.75) is 33.2 Å².